The van der Waals surface area contributed by atoms with E-state index in [0.717, 1.165) is 0 Å². The molecule has 1 atom stereocenters. The van der Waals surface area contributed by atoms with Crippen molar-refractivity contribution in [2.75, 3.05) is 19.1 Å². The standard InChI is InChI=1S/C24H19N5O6/c1-33-22(30)18-17(13-6-4-3-5-7-13)16(12-25)20(26)29(19(18)23(31)34-2)15-10-8-14(9-11-15)21-27-24(32)35-28-21/h3-11,17H,26H2,1-2H3,(H,27,28,32). The van der Waals surface area contributed by atoms with Gasteiger partial charge in [-0.3, -0.25) is 14.4 Å². The summed E-state index contributed by atoms with van der Waals surface area (Å²) < 4.78 is 14.5. The van der Waals surface area contributed by atoms with E-state index in [1.165, 1.54) is 19.1 Å². The van der Waals surface area contributed by atoms with Crippen molar-refractivity contribution < 1.29 is 23.6 Å². The number of ether oxygens (including phenoxy) is 2. The zero-order chi connectivity index (χ0) is 25.1. The number of nitrogens with zero attached hydrogens (tertiary/aromatic N) is 3. The molecule has 0 saturated carbocycles. The first-order valence-corrected chi connectivity index (χ1v) is 10.2. The molecule has 2 aromatic carbocycles. The number of carbonyl (C=O) groups excluding carboxylic acids is 2. The number of H-pyrrole nitrogens is 1. The van der Waals surface area contributed by atoms with Gasteiger partial charge in [-0.05, 0) is 29.8 Å². The highest BCUT2D eigenvalue weighted by atomic mass is 16.5. The minimum atomic E-state index is -0.960. The Kier molecular flexibility index (Phi) is 6.19. The number of hydrogen-bond acceptors (Lipinski definition) is 10. The first-order chi connectivity index (χ1) is 16.9. The SMILES string of the molecule is COC(=O)C1=C(C(=O)OC)N(c2ccc(-c3noc(=O)[nH]3)cc2)C(N)=C(C#N)C1c1ccccc1. The molecule has 0 fully saturated rings. The van der Waals surface area contributed by atoms with Gasteiger partial charge in [-0.15, -0.1) is 0 Å². The highest BCUT2D eigenvalue weighted by Crippen LogP contribution is 2.43. The molecule has 176 valence electrons. The minimum absolute atomic E-state index is 0.0501. The molecule has 4 rings (SSSR count). The molecule has 35 heavy (non-hydrogen) atoms. The van der Waals surface area contributed by atoms with Crippen molar-refractivity contribution in [1.82, 2.24) is 10.1 Å². The zero-order valence-corrected chi connectivity index (χ0v) is 18.6. The molecule has 2 heterocycles. The highest BCUT2D eigenvalue weighted by Gasteiger charge is 2.42. The van der Waals surface area contributed by atoms with E-state index in [0.29, 0.717) is 16.8 Å². The molecule has 1 aliphatic rings. The van der Waals surface area contributed by atoms with E-state index >= 15 is 0 Å². The van der Waals surface area contributed by atoms with Crippen molar-refractivity contribution in [2.24, 2.45) is 5.73 Å². The first-order valence-electron chi connectivity index (χ1n) is 10.2. The Labute approximate surface area is 198 Å². The van der Waals surface area contributed by atoms with Crippen LogP contribution in [0.5, 0.6) is 0 Å². The van der Waals surface area contributed by atoms with Crippen molar-refractivity contribution in [1.29, 1.82) is 5.26 Å². The van der Waals surface area contributed by atoms with Gasteiger partial charge >= 0.3 is 17.7 Å². The maximum atomic E-state index is 13.0. The fourth-order valence-electron chi connectivity index (χ4n) is 3.90. The van der Waals surface area contributed by atoms with E-state index in [-0.39, 0.29) is 28.5 Å². The highest BCUT2D eigenvalue weighted by molar-refractivity contribution is 6.06. The largest absolute Gasteiger partial charge is 0.466 e. The average Bonchev–Trinajstić information content (AvgIpc) is 3.33. The monoisotopic (exact) mass is 473 g/mol. The summed E-state index contributed by atoms with van der Waals surface area (Å²) in [6.45, 7) is 0. The molecule has 11 heteroatoms. The second-order valence-electron chi connectivity index (χ2n) is 7.33. The maximum Gasteiger partial charge on any atom is 0.439 e. The number of hydrogen-bond donors (Lipinski definition) is 2. The van der Waals surface area contributed by atoms with Gasteiger partial charge in [0.15, 0.2) is 5.82 Å². The number of nitrogens with two attached hydrogens (primary N) is 1. The summed E-state index contributed by atoms with van der Waals surface area (Å²) >= 11 is 0. The fraction of sp³-hybridized carbons (Fsp3) is 0.125. The van der Waals surface area contributed by atoms with Crippen LogP contribution in [-0.4, -0.2) is 36.3 Å². The summed E-state index contributed by atoms with van der Waals surface area (Å²) in [6.07, 6.45) is 0. The number of methoxy groups -OCH3 is 2. The number of anilines is 1. The Morgan fingerprint density at radius 2 is 1.74 bits per heavy atom. The summed E-state index contributed by atoms with van der Waals surface area (Å²) in [6, 6.07) is 17.1. The van der Waals surface area contributed by atoms with Crippen LogP contribution in [0.1, 0.15) is 11.5 Å². The number of rotatable bonds is 5. The van der Waals surface area contributed by atoms with Crippen molar-refractivity contribution in [3.8, 4) is 17.5 Å². The van der Waals surface area contributed by atoms with Crippen LogP contribution in [0.3, 0.4) is 0 Å². The van der Waals surface area contributed by atoms with E-state index in [9.17, 15) is 19.6 Å². The van der Waals surface area contributed by atoms with E-state index in [1.807, 2.05) is 0 Å². The van der Waals surface area contributed by atoms with Crippen molar-refractivity contribution in [3.63, 3.8) is 0 Å². The van der Waals surface area contributed by atoms with Gasteiger partial charge in [-0.25, -0.2) is 14.4 Å². The van der Waals surface area contributed by atoms with Gasteiger partial charge in [0.05, 0.1) is 37.4 Å². The molecule has 0 bridgehead atoms. The zero-order valence-electron chi connectivity index (χ0n) is 18.6. The predicted octanol–water partition coefficient (Wildman–Crippen LogP) is 1.93. The van der Waals surface area contributed by atoms with Crippen LogP contribution in [0, 0.1) is 11.3 Å². The number of allylic oxidation sites excluding steroid dienone is 1. The summed E-state index contributed by atoms with van der Waals surface area (Å²) in [5.74, 6) is -3.20. The molecule has 3 N–H and O–H groups in total. The van der Waals surface area contributed by atoms with Crippen LogP contribution in [0.2, 0.25) is 0 Å². The lowest BCUT2D eigenvalue weighted by Crippen LogP contribution is -2.40. The van der Waals surface area contributed by atoms with Gasteiger partial charge in [0.2, 0.25) is 0 Å². The molecular weight excluding hydrogens is 454 g/mol. The number of aromatic amines is 1. The van der Waals surface area contributed by atoms with Gasteiger partial charge < -0.3 is 15.2 Å². The summed E-state index contributed by atoms with van der Waals surface area (Å²) in [4.78, 5) is 41.0. The minimum Gasteiger partial charge on any atom is -0.466 e. The third-order valence-electron chi connectivity index (χ3n) is 5.45. The van der Waals surface area contributed by atoms with Crippen LogP contribution in [0.4, 0.5) is 5.69 Å². The Hall–Kier alpha value is -5.11. The summed E-state index contributed by atoms with van der Waals surface area (Å²) in [5.41, 5.74) is 7.64. The second kappa shape index (κ2) is 9.40. The Morgan fingerprint density at radius 3 is 2.29 bits per heavy atom. The molecule has 1 aromatic heterocycles. The van der Waals surface area contributed by atoms with Crippen molar-refractivity contribution in [2.45, 2.75) is 5.92 Å². The van der Waals surface area contributed by atoms with E-state index in [4.69, 9.17) is 15.2 Å². The lowest BCUT2D eigenvalue weighted by molar-refractivity contribution is -0.139. The predicted molar refractivity (Wildman–Crippen MR) is 122 cm³/mol. The lowest BCUT2D eigenvalue weighted by atomic mass is 9.81. The smallest absolute Gasteiger partial charge is 0.439 e. The molecule has 11 nitrogen and oxygen atoms in total. The Morgan fingerprint density at radius 1 is 1.09 bits per heavy atom. The first kappa shape index (κ1) is 23.1. The molecule has 0 spiro atoms. The number of carbonyl (C=O) groups is 2. The summed E-state index contributed by atoms with van der Waals surface area (Å²) in [5, 5.41) is 13.7. The molecule has 1 aliphatic heterocycles. The van der Waals surface area contributed by atoms with Crippen molar-refractivity contribution in [3.05, 3.63) is 93.4 Å². The molecular formula is C24H19N5O6. The van der Waals surface area contributed by atoms with Crippen LogP contribution in [0.25, 0.3) is 11.4 Å². The Balaban J connectivity index is 1.96. The lowest BCUT2D eigenvalue weighted by Gasteiger charge is -2.35. The molecule has 1 unspecified atom stereocenters. The van der Waals surface area contributed by atoms with Gasteiger partial charge in [0, 0.05) is 11.3 Å². The molecule has 0 radical (unpaired) electrons. The van der Waals surface area contributed by atoms with Gasteiger partial charge in [-0.1, -0.05) is 35.5 Å². The van der Waals surface area contributed by atoms with E-state index in [2.05, 4.69) is 20.7 Å². The van der Waals surface area contributed by atoms with Crippen LogP contribution in [0.15, 0.2) is 86.6 Å². The third kappa shape index (κ3) is 4.04. The summed E-state index contributed by atoms with van der Waals surface area (Å²) in [7, 11) is 2.35. The average molecular weight is 473 g/mol. The molecule has 0 saturated heterocycles. The molecule has 0 aliphatic carbocycles. The molecule has 0 amide bonds. The quantitative estimate of drug-likeness (QED) is 0.523. The Bertz CT molecular complexity index is 1440. The van der Waals surface area contributed by atoms with Crippen LogP contribution >= 0.6 is 0 Å². The van der Waals surface area contributed by atoms with E-state index in [1.54, 1.807) is 54.6 Å². The second-order valence-corrected chi connectivity index (χ2v) is 7.33. The fourth-order valence-corrected chi connectivity index (χ4v) is 3.90. The number of nitrogens with one attached hydrogen (secondary N) is 1. The number of benzene rings is 2. The number of aromatic nitrogens is 2. The van der Waals surface area contributed by atoms with Crippen LogP contribution in [-0.2, 0) is 19.1 Å². The third-order valence-corrected chi connectivity index (χ3v) is 5.45. The van der Waals surface area contributed by atoms with Gasteiger partial charge in [0.25, 0.3) is 0 Å². The number of nitriles is 1. The van der Waals surface area contributed by atoms with E-state index < -0.39 is 23.6 Å². The van der Waals surface area contributed by atoms with Crippen molar-refractivity contribution >= 4 is 17.6 Å². The number of esters is 2. The van der Waals surface area contributed by atoms with Crippen LogP contribution < -0.4 is 16.4 Å². The van der Waals surface area contributed by atoms with Gasteiger partial charge in [0.1, 0.15) is 11.5 Å². The van der Waals surface area contributed by atoms with Gasteiger partial charge in [-0.2, -0.15) is 5.26 Å². The topological polar surface area (TPSA) is 165 Å². The maximum absolute atomic E-state index is 13.0. The normalized spacial score (nSPS) is 15.6. The molecule has 3 aromatic rings.